The van der Waals surface area contributed by atoms with Crippen LogP contribution in [0.4, 0.5) is 4.39 Å². The van der Waals surface area contributed by atoms with Crippen molar-refractivity contribution in [1.29, 1.82) is 0 Å². The SMILES string of the molecule is CCNC(=NCC1CCOC1c1ccccc1)N(C)CCOc1ccc(F)cc1. The Morgan fingerprint density at radius 2 is 1.97 bits per heavy atom. The topological polar surface area (TPSA) is 46.1 Å². The molecule has 1 fully saturated rings. The van der Waals surface area contributed by atoms with Crippen molar-refractivity contribution in [2.45, 2.75) is 19.4 Å². The van der Waals surface area contributed by atoms with Gasteiger partial charge in [0, 0.05) is 32.7 Å². The van der Waals surface area contributed by atoms with E-state index >= 15 is 0 Å². The number of rotatable bonds is 8. The molecule has 0 bridgehead atoms. The van der Waals surface area contributed by atoms with Crippen molar-refractivity contribution >= 4 is 5.96 Å². The molecule has 1 aliphatic heterocycles. The van der Waals surface area contributed by atoms with Gasteiger partial charge in [0.1, 0.15) is 18.2 Å². The van der Waals surface area contributed by atoms with E-state index in [9.17, 15) is 4.39 Å². The molecule has 1 heterocycles. The Labute approximate surface area is 172 Å². The fraction of sp³-hybridized carbons (Fsp3) is 0.435. The van der Waals surface area contributed by atoms with Gasteiger partial charge < -0.3 is 19.7 Å². The largest absolute Gasteiger partial charge is 0.492 e. The van der Waals surface area contributed by atoms with Gasteiger partial charge in [-0.2, -0.15) is 0 Å². The summed E-state index contributed by atoms with van der Waals surface area (Å²) in [6, 6.07) is 16.4. The molecule has 2 atom stereocenters. The highest BCUT2D eigenvalue weighted by Crippen LogP contribution is 2.34. The Morgan fingerprint density at radius 3 is 2.69 bits per heavy atom. The molecule has 0 aromatic heterocycles. The number of likely N-dealkylation sites (N-methyl/N-ethyl adjacent to an activating group) is 1. The summed E-state index contributed by atoms with van der Waals surface area (Å²) in [5.74, 6) is 1.63. The second kappa shape index (κ2) is 10.8. The van der Waals surface area contributed by atoms with E-state index in [2.05, 4.69) is 41.4 Å². The number of hydrogen-bond acceptors (Lipinski definition) is 3. The molecule has 1 aliphatic rings. The van der Waals surface area contributed by atoms with Gasteiger partial charge >= 0.3 is 0 Å². The first kappa shape index (κ1) is 21.1. The van der Waals surface area contributed by atoms with Crippen molar-refractivity contribution in [3.05, 3.63) is 66.0 Å². The van der Waals surface area contributed by atoms with E-state index < -0.39 is 0 Å². The molecule has 3 rings (SSSR count). The number of aliphatic imine (C=N–C) groups is 1. The van der Waals surface area contributed by atoms with Gasteiger partial charge in [-0.25, -0.2) is 4.39 Å². The maximum atomic E-state index is 13.0. The molecule has 29 heavy (non-hydrogen) atoms. The molecule has 0 saturated carbocycles. The van der Waals surface area contributed by atoms with Crippen LogP contribution in [0.2, 0.25) is 0 Å². The van der Waals surface area contributed by atoms with Crippen molar-refractivity contribution < 1.29 is 13.9 Å². The first-order valence-electron chi connectivity index (χ1n) is 10.2. The number of guanidine groups is 1. The van der Waals surface area contributed by atoms with E-state index in [-0.39, 0.29) is 11.9 Å². The monoisotopic (exact) mass is 399 g/mol. The molecule has 2 aromatic carbocycles. The van der Waals surface area contributed by atoms with Crippen LogP contribution in [0.1, 0.15) is 25.0 Å². The van der Waals surface area contributed by atoms with Crippen LogP contribution in [-0.4, -0.2) is 50.8 Å². The van der Waals surface area contributed by atoms with E-state index in [0.29, 0.717) is 31.4 Å². The van der Waals surface area contributed by atoms with E-state index in [1.54, 1.807) is 12.1 Å². The Balaban J connectivity index is 1.54. The molecular weight excluding hydrogens is 369 g/mol. The molecule has 156 valence electrons. The van der Waals surface area contributed by atoms with Gasteiger partial charge in [-0.3, -0.25) is 4.99 Å². The van der Waals surface area contributed by atoms with E-state index in [1.165, 1.54) is 17.7 Å². The molecule has 0 radical (unpaired) electrons. The first-order chi connectivity index (χ1) is 14.2. The van der Waals surface area contributed by atoms with Crippen LogP contribution in [0.15, 0.2) is 59.6 Å². The fourth-order valence-corrected chi connectivity index (χ4v) is 3.44. The maximum absolute atomic E-state index is 13.0. The third-order valence-corrected chi connectivity index (χ3v) is 5.02. The molecule has 2 aromatic rings. The highest BCUT2D eigenvalue weighted by molar-refractivity contribution is 5.79. The van der Waals surface area contributed by atoms with Gasteiger partial charge in [-0.1, -0.05) is 30.3 Å². The highest BCUT2D eigenvalue weighted by atomic mass is 19.1. The highest BCUT2D eigenvalue weighted by Gasteiger charge is 2.29. The van der Waals surface area contributed by atoms with Gasteiger partial charge in [0.05, 0.1) is 12.6 Å². The molecule has 0 aliphatic carbocycles. The Hall–Kier alpha value is -2.60. The average molecular weight is 400 g/mol. The zero-order chi connectivity index (χ0) is 20.5. The van der Waals surface area contributed by atoms with Gasteiger partial charge in [0.15, 0.2) is 5.96 Å². The van der Waals surface area contributed by atoms with Crippen LogP contribution in [0.3, 0.4) is 0 Å². The number of nitrogens with zero attached hydrogens (tertiary/aromatic N) is 2. The first-order valence-corrected chi connectivity index (χ1v) is 10.2. The summed E-state index contributed by atoms with van der Waals surface area (Å²) in [5, 5.41) is 3.35. The minimum atomic E-state index is -0.263. The minimum Gasteiger partial charge on any atom is -0.492 e. The summed E-state index contributed by atoms with van der Waals surface area (Å²) >= 11 is 0. The van der Waals surface area contributed by atoms with Crippen LogP contribution < -0.4 is 10.1 Å². The summed E-state index contributed by atoms with van der Waals surface area (Å²) in [4.78, 5) is 6.91. The molecule has 0 amide bonds. The van der Waals surface area contributed by atoms with Crippen LogP contribution >= 0.6 is 0 Å². The van der Waals surface area contributed by atoms with Crippen molar-refractivity contribution in [1.82, 2.24) is 10.2 Å². The lowest BCUT2D eigenvalue weighted by atomic mass is 9.95. The Bertz CT molecular complexity index is 767. The third kappa shape index (κ3) is 6.19. The number of nitrogens with one attached hydrogen (secondary N) is 1. The Kier molecular flexibility index (Phi) is 7.87. The second-order valence-electron chi connectivity index (χ2n) is 7.17. The number of ether oxygens (including phenoxy) is 2. The van der Waals surface area contributed by atoms with Gasteiger partial charge in [-0.15, -0.1) is 0 Å². The number of benzene rings is 2. The van der Waals surface area contributed by atoms with E-state index in [1.807, 2.05) is 13.1 Å². The second-order valence-corrected chi connectivity index (χ2v) is 7.17. The number of halogens is 1. The lowest BCUT2D eigenvalue weighted by Crippen LogP contribution is -2.41. The van der Waals surface area contributed by atoms with Crippen molar-refractivity contribution in [3.8, 4) is 5.75 Å². The fourth-order valence-electron chi connectivity index (χ4n) is 3.44. The zero-order valence-electron chi connectivity index (χ0n) is 17.2. The molecule has 0 spiro atoms. The van der Waals surface area contributed by atoms with Crippen LogP contribution in [-0.2, 0) is 4.74 Å². The van der Waals surface area contributed by atoms with Crippen LogP contribution in [0, 0.1) is 11.7 Å². The quantitative estimate of drug-likeness (QED) is 0.541. The van der Waals surface area contributed by atoms with Crippen molar-refractivity contribution in [2.75, 3.05) is 39.9 Å². The standard InChI is InChI=1S/C23H30FN3O2/c1-3-25-23(27(2)14-16-28-21-11-9-20(24)10-12-21)26-17-19-13-15-29-22(19)18-7-5-4-6-8-18/h4-12,19,22H,3,13-17H2,1-2H3,(H,25,26). The van der Waals surface area contributed by atoms with Crippen LogP contribution in [0.25, 0.3) is 0 Å². The Morgan fingerprint density at radius 1 is 1.21 bits per heavy atom. The minimum absolute atomic E-state index is 0.106. The van der Waals surface area contributed by atoms with E-state index in [0.717, 1.165) is 25.5 Å². The molecule has 1 N–H and O–H groups in total. The molecule has 5 nitrogen and oxygen atoms in total. The smallest absolute Gasteiger partial charge is 0.193 e. The summed E-state index contributed by atoms with van der Waals surface area (Å²) < 4.78 is 24.7. The summed E-state index contributed by atoms with van der Waals surface area (Å²) in [5.41, 5.74) is 1.22. The average Bonchev–Trinajstić information content (AvgIpc) is 3.21. The van der Waals surface area contributed by atoms with Crippen LogP contribution in [0.5, 0.6) is 5.75 Å². The predicted octanol–water partition coefficient (Wildman–Crippen LogP) is 3.88. The number of hydrogen-bond donors (Lipinski definition) is 1. The van der Waals surface area contributed by atoms with Gasteiger partial charge in [0.2, 0.25) is 0 Å². The normalized spacial score (nSPS) is 19.2. The molecule has 6 heteroatoms. The van der Waals surface area contributed by atoms with Gasteiger partial charge in [-0.05, 0) is 43.2 Å². The summed E-state index contributed by atoms with van der Waals surface area (Å²) in [6.45, 7) is 5.51. The van der Waals surface area contributed by atoms with E-state index in [4.69, 9.17) is 14.5 Å². The van der Waals surface area contributed by atoms with Gasteiger partial charge in [0.25, 0.3) is 0 Å². The lowest BCUT2D eigenvalue weighted by molar-refractivity contribution is 0.0925. The lowest BCUT2D eigenvalue weighted by Gasteiger charge is -2.23. The summed E-state index contributed by atoms with van der Waals surface area (Å²) in [6.07, 6.45) is 1.12. The predicted molar refractivity (Wildman–Crippen MR) is 114 cm³/mol. The maximum Gasteiger partial charge on any atom is 0.193 e. The third-order valence-electron chi connectivity index (χ3n) is 5.02. The summed E-state index contributed by atoms with van der Waals surface area (Å²) in [7, 11) is 2.00. The van der Waals surface area contributed by atoms with Crippen molar-refractivity contribution in [2.24, 2.45) is 10.9 Å². The molecule has 2 unspecified atom stereocenters. The molecule has 1 saturated heterocycles. The molecular formula is C23H30FN3O2. The van der Waals surface area contributed by atoms with Crippen molar-refractivity contribution in [3.63, 3.8) is 0 Å². The zero-order valence-corrected chi connectivity index (χ0v) is 17.2.